The lowest BCUT2D eigenvalue weighted by Crippen LogP contribution is -2.49. The summed E-state index contributed by atoms with van der Waals surface area (Å²) in [6, 6.07) is 7.85. The molecule has 0 spiro atoms. The van der Waals surface area contributed by atoms with Crippen molar-refractivity contribution in [2.45, 2.75) is 37.6 Å². The van der Waals surface area contributed by atoms with Crippen molar-refractivity contribution in [3.8, 4) is 17.6 Å². The third kappa shape index (κ3) is 4.55. The average Bonchev–Trinajstić information content (AvgIpc) is 2.77. The van der Waals surface area contributed by atoms with Gasteiger partial charge in [0.25, 0.3) is 0 Å². The van der Waals surface area contributed by atoms with E-state index in [0.29, 0.717) is 13.2 Å². The Hall–Kier alpha value is -1.87. The normalized spacial score (nSPS) is 16.1. The number of carbonyl (C=O) groups excluding carboxylic acids is 1. The van der Waals surface area contributed by atoms with Crippen LogP contribution in [-0.4, -0.2) is 30.4 Å². The smallest absolute Gasteiger partial charge is 0.231 e. The number of hydrogen-bond acceptors (Lipinski definition) is 5. The first-order valence-corrected chi connectivity index (χ1v) is 8.68. The van der Waals surface area contributed by atoms with E-state index in [1.54, 1.807) is 6.92 Å². The molecule has 0 aromatic heterocycles. The van der Waals surface area contributed by atoms with Crippen LogP contribution in [0.25, 0.3) is 0 Å². The highest BCUT2D eigenvalue weighted by molar-refractivity contribution is 8.00. The largest absolute Gasteiger partial charge is 0.490 e. The van der Waals surface area contributed by atoms with Crippen LogP contribution < -0.4 is 14.8 Å². The maximum atomic E-state index is 12.1. The van der Waals surface area contributed by atoms with E-state index in [4.69, 9.17) is 9.47 Å². The number of fused-ring (bicyclic) bond motifs is 1. The summed E-state index contributed by atoms with van der Waals surface area (Å²) >= 11 is 1.41. The van der Waals surface area contributed by atoms with Gasteiger partial charge in [0.05, 0.1) is 25.0 Å². The molecule has 0 aliphatic carbocycles. The zero-order chi connectivity index (χ0) is 16.9. The number of carbonyl (C=O) groups is 1. The van der Waals surface area contributed by atoms with Gasteiger partial charge in [-0.05, 0) is 31.0 Å². The van der Waals surface area contributed by atoms with Crippen LogP contribution in [0.4, 0.5) is 0 Å². The number of hydrogen-bond donors (Lipinski definition) is 1. The van der Waals surface area contributed by atoms with Gasteiger partial charge in [-0.15, -0.1) is 11.8 Å². The van der Waals surface area contributed by atoms with E-state index >= 15 is 0 Å². The summed E-state index contributed by atoms with van der Waals surface area (Å²) in [5.41, 5.74) is -0.845. The SMILES string of the molecule is CC(C)[C@@](C)(C#N)NC(=O)CSc1ccc2c(c1)OCCCO2. The highest BCUT2D eigenvalue weighted by Gasteiger charge is 2.29. The molecule has 1 heterocycles. The molecular formula is C17H22N2O3S. The van der Waals surface area contributed by atoms with Gasteiger partial charge >= 0.3 is 0 Å². The van der Waals surface area contributed by atoms with Crippen LogP contribution in [0.2, 0.25) is 0 Å². The molecule has 1 aliphatic heterocycles. The van der Waals surface area contributed by atoms with Crippen LogP contribution in [0.15, 0.2) is 23.1 Å². The Morgan fingerprint density at radius 1 is 1.39 bits per heavy atom. The second-order valence-corrected chi connectivity index (χ2v) is 7.01. The predicted molar refractivity (Wildman–Crippen MR) is 89.8 cm³/mol. The van der Waals surface area contributed by atoms with Crippen molar-refractivity contribution < 1.29 is 14.3 Å². The second kappa shape index (κ2) is 7.60. The fourth-order valence-corrected chi connectivity index (χ4v) is 2.73. The predicted octanol–water partition coefficient (Wildman–Crippen LogP) is 2.99. The Labute approximate surface area is 141 Å². The Morgan fingerprint density at radius 3 is 2.74 bits per heavy atom. The molecule has 0 fully saturated rings. The van der Waals surface area contributed by atoms with Gasteiger partial charge in [-0.1, -0.05) is 13.8 Å². The van der Waals surface area contributed by atoms with E-state index < -0.39 is 5.54 Å². The number of benzene rings is 1. The molecule has 0 saturated heterocycles. The van der Waals surface area contributed by atoms with Crippen molar-refractivity contribution in [3.05, 3.63) is 18.2 Å². The molecule has 1 aromatic rings. The fourth-order valence-electron chi connectivity index (χ4n) is 2.01. The minimum Gasteiger partial charge on any atom is -0.490 e. The van der Waals surface area contributed by atoms with E-state index in [0.717, 1.165) is 22.8 Å². The Morgan fingerprint density at radius 2 is 2.09 bits per heavy atom. The first-order valence-electron chi connectivity index (χ1n) is 7.69. The van der Waals surface area contributed by atoms with Crippen LogP contribution in [0.5, 0.6) is 11.5 Å². The fraction of sp³-hybridized carbons (Fsp3) is 0.529. The summed E-state index contributed by atoms with van der Waals surface area (Å²) < 4.78 is 11.2. The van der Waals surface area contributed by atoms with Crippen LogP contribution >= 0.6 is 11.8 Å². The van der Waals surface area contributed by atoms with Crippen molar-refractivity contribution >= 4 is 17.7 Å². The van der Waals surface area contributed by atoms with Gasteiger partial charge in [-0.3, -0.25) is 4.79 Å². The molecule has 124 valence electrons. The minimum atomic E-state index is -0.845. The number of thioether (sulfide) groups is 1. The van der Waals surface area contributed by atoms with Gasteiger partial charge in [0.2, 0.25) is 5.91 Å². The molecule has 0 bridgehead atoms. The summed E-state index contributed by atoms with van der Waals surface area (Å²) in [6.45, 7) is 6.87. The minimum absolute atomic E-state index is 0.0412. The summed E-state index contributed by atoms with van der Waals surface area (Å²) in [6.07, 6.45) is 0.863. The molecular weight excluding hydrogens is 312 g/mol. The van der Waals surface area contributed by atoms with Crippen LogP contribution in [0.3, 0.4) is 0 Å². The Bertz CT molecular complexity index is 612. The molecule has 1 atom stereocenters. The molecule has 1 aliphatic rings. The summed E-state index contributed by atoms with van der Waals surface area (Å²) in [4.78, 5) is 13.0. The van der Waals surface area contributed by atoms with Crippen molar-refractivity contribution in [1.82, 2.24) is 5.32 Å². The van der Waals surface area contributed by atoms with E-state index in [2.05, 4.69) is 11.4 Å². The lowest BCUT2D eigenvalue weighted by Gasteiger charge is -2.27. The monoisotopic (exact) mass is 334 g/mol. The van der Waals surface area contributed by atoms with E-state index in [1.165, 1.54) is 11.8 Å². The lowest BCUT2D eigenvalue weighted by molar-refractivity contribution is -0.120. The van der Waals surface area contributed by atoms with E-state index in [9.17, 15) is 10.1 Å². The third-order valence-corrected chi connectivity index (χ3v) is 4.87. The molecule has 1 aromatic carbocycles. The lowest BCUT2D eigenvalue weighted by atomic mass is 9.90. The topological polar surface area (TPSA) is 71.4 Å². The second-order valence-electron chi connectivity index (χ2n) is 5.96. The molecule has 23 heavy (non-hydrogen) atoms. The zero-order valence-corrected chi connectivity index (χ0v) is 14.5. The zero-order valence-electron chi connectivity index (χ0n) is 13.7. The maximum Gasteiger partial charge on any atom is 0.231 e. The van der Waals surface area contributed by atoms with Gasteiger partial charge in [0.1, 0.15) is 5.54 Å². The average molecular weight is 334 g/mol. The number of ether oxygens (including phenoxy) is 2. The summed E-state index contributed by atoms with van der Waals surface area (Å²) in [5, 5.41) is 12.1. The molecule has 0 unspecified atom stereocenters. The van der Waals surface area contributed by atoms with E-state index in [-0.39, 0.29) is 17.6 Å². The van der Waals surface area contributed by atoms with Gasteiger partial charge in [0, 0.05) is 11.3 Å². The molecule has 0 saturated carbocycles. The number of amides is 1. The van der Waals surface area contributed by atoms with E-state index in [1.807, 2.05) is 32.0 Å². The van der Waals surface area contributed by atoms with Crippen LogP contribution in [0.1, 0.15) is 27.2 Å². The van der Waals surface area contributed by atoms with Crippen LogP contribution in [0, 0.1) is 17.2 Å². The Balaban J connectivity index is 1.95. The highest BCUT2D eigenvalue weighted by Crippen LogP contribution is 2.33. The maximum absolute atomic E-state index is 12.1. The van der Waals surface area contributed by atoms with Gasteiger partial charge in [-0.25, -0.2) is 0 Å². The van der Waals surface area contributed by atoms with Crippen molar-refractivity contribution in [2.75, 3.05) is 19.0 Å². The molecule has 1 N–H and O–H groups in total. The van der Waals surface area contributed by atoms with Gasteiger partial charge < -0.3 is 14.8 Å². The highest BCUT2D eigenvalue weighted by atomic mass is 32.2. The molecule has 1 amide bonds. The standard InChI is InChI=1S/C17H22N2O3S/c1-12(2)17(3,11-18)19-16(20)10-23-13-5-6-14-15(9-13)22-8-4-7-21-14/h5-6,9,12H,4,7-8,10H2,1-3H3,(H,19,20)/t17-/m1/s1. The number of rotatable bonds is 5. The summed E-state index contributed by atoms with van der Waals surface area (Å²) in [7, 11) is 0. The summed E-state index contributed by atoms with van der Waals surface area (Å²) in [5.74, 6) is 1.60. The molecule has 5 nitrogen and oxygen atoms in total. The molecule has 0 radical (unpaired) electrons. The molecule has 2 rings (SSSR count). The third-order valence-electron chi connectivity index (χ3n) is 3.87. The van der Waals surface area contributed by atoms with Crippen LogP contribution in [-0.2, 0) is 4.79 Å². The molecule has 6 heteroatoms. The number of nitriles is 1. The number of nitrogens with one attached hydrogen (secondary N) is 1. The van der Waals surface area contributed by atoms with Gasteiger partial charge in [-0.2, -0.15) is 5.26 Å². The number of nitrogens with zero attached hydrogens (tertiary/aromatic N) is 1. The Kier molecular flexibility index (Phi) is 5.78. The van der Waals surface area contributed by atoms with Gasteiger partial charge in [0.15, 0.2) is 11.5 Å². The first-order chi connectivity index (χ1) is 10.9. The van der Waals surface area contributed by atoms with Crippen molar-refractivity contribution in [1.29, 1.82) is 5.26 Å². The van der Waals surface area contributed by atoms with Crippen molar-refractivity contribution in [2.24, 2.45) is 5.92 Å². The quantitative estimate of drug-likeness (QED) is 0.838. The van der Waals surface area contributed by atoms with Crippen molar-refractivity contribution in [3.63, 3.8) is 0 Å². The first kappa shape index (κ1) is 17.5.